The maximum absolute atomic E-state index is 12.5. The fourth-order valence-electron chi connectivity index (χ4n) is 3.26. The van der Waals surface area contributed by atoms with Crippen LogP contribution in [0, 0.1) is 0 Å². The van der Waals surface area contributed by atoms with Crippen LogP contribution in [0.3, 0.4) is 0 Å². The standard InChI is InChI=1S/C20H25N3O2/c1-25-19-7-4-5-16(13-19)15-8-10-17(11-9-15)22-20(24)23-12-3-2-6-18(23)14-21/h4-5,7-11,13,18H,2-3,6,12,14,21H2,1H3,(H,22,24)/t18-/m1/s1. The van der Waals surface area contributed by atoms with Gasteiger partial charge in [0, 0.05) is 24.8 Å². The summed E-state index contributed by atoms with van der Waals surface area (Å²) in [5, 5.41) is 2.98. The number of methoxy groups -OCH3 is 1. The van der Waals surface area contributed by atoms with Gasteiger partial charge >= 0.3 is 6.03 Å². The summed E-state index contributed by atoms with van der Waals surface area (Å²) in [5.74, 6) is 0.827. The molecule has 0 aliphatic carbocycles. The van der Waals surface area contributed by atoms with Gasteiger partial charge in [-0.15, -0.1) is 0 Å². The molecule has 3 N–H and O–H groups in total. The topological polar surface area (TPSA) is 67.6 Å². The Labute approximate surface area is 148 Å². The van der Waals surface area contributed by atoms with Crippen LogP contribution in [-0.2, 0) is 0 Å². The highest BCUT2D eigenvalue weighted by Crippen LogP contribution is 2.25. The molecule has 0 unspecified atom stereocenters. The number of nitrogens with zero attached hydrogens (tertiary/aromatic N) is 1. The van der Waals surface area contributed by atoms with Crippen LogP contribution in [0.5, 0.6) is 5.75 Å². The fourth-order valence-corrected chi connectivity index (χ4v) is 3.26. The molecule has 25 heavy (non-hydrogen) atoms. The highest BCUT2D eigenvalue weighted by atomic mass is 16.5. The molecule has 1 saturated heterocycles. The zero-order valence-corrected chi connectivity index (χ0v) is 14.6. The number of carbonyl (C=O) groups excluding carboxylic acids is 1. The van der Waals surface area contributed by atoms with E-state index in [-0.39, 0.29) is 12.1 Å². The second-order valence-electron chi connectivity index (χ2n) is 6.32. The van der Waals surface area contributed by atoms with E-state index in [9.17, 15) is 4.79 Å². The van der Waals surface area contributed by atoms with Crippen molar-refractivity contribution >= 4 is 11.7 Å². The van der Waals surface area contributed by atoms with Gasteiger partial charge in [0.1, 0.15) is 5.75 Å². The lowest BCUT2D eigenvalue weighted by Gasteiger charge is -2.34. The third-order valence-corrected chi connectivity index (χ3v) is 4.70. The minimum Gasteiger partial charge on any atom is -0.497 e. The molecule has 1 aliphatic heterocycles. The van der Waals surface area contributed by atoms with Gasteiger partial charge in [0.2, 0.25) is 0 Å². The van der Waals surface area contributed by atoms with E-state index in [0.29, 0.717) is 6.54 Å². The minimum atomic E-state index is -0.0655. The zero-order valence-electron chi connectivity index (χ0n) is 14.6. The van der Waals surface area contributed by atoms with Crippen molar-refractivity contribution in [2.45, 2.75) is 25.3 Å². The number of urea groups is 1. The number of hydrogen-bond donors (Lipinski definition) is 2. The molecule has 0 spiro atoms. The van der Waals surface area contributed by atoms with Crippen LogP contribution in [-0.4, -0.2) is 37.2 Å². The summed E-state index contributed by atoms with van der Waals surface area (Å²) >= 11 is 0. The monoisotopic (exact) mass is 339 g/mol. The summed E-state index contributed by atoms with van der Waals surface area (Å²) in [6.45, 7) is 1.29. The first-order chi connectivity index (χ1) is 12.2. The Hall–Kier alpha value is -2.53. The van der Waals surface area contributed by atoms with E-state index in [1.807, 2.05) is 53.4 Å². The largest absolute Gasteiger partial charge is 0.497 e. The Kier molecular flexibility index (Phi) is 5.56. The van der Waals surface area contributed by atoms with Crippen LogP contribution in [0.4, 0.5) is 10.5 Å². The number of nitrogens with two attached hydrogens (primary N) is 1. The summed E-state index contributed by atoms with van der Waals surface area (Å²) in [7, 11) is 1.66. The molecule has 2 aromatic carbocycles. The highest BCUT2D eigenvalue weighted by molar-refractivity contribution is 5.90. The Morgan fingerprint density at radius 1 is 1.20 bits per heavy atom. The minimum absolute atomic E-state index is 0.0655. The van der Waals surface area contributed by atoms with E-state index in [0.717, 1.165) is 48.4 Å². The van der Waals surface area contributed by atoms with Gasteiger partial charge in [0.15, 0.2) is 0 Å². The number of likely N-dealkylation sites (tertiary alicyclic amines) is 1. The molecule has 5 heteroatoms. The van der Waals surface area contributed by atoms with Crippen molar-refractivity contribution in [3.8, 4) is 16.9 Å². The van der Waals surface area contributed by atoms with E-state index in [4.69, 9.17) is 10.5 Å². The van der Waals surface area contributed by atoms with Crippen LogP contribution in [0.1, 0.15) is 19.3 Å². The maximum Gasteiger partial charge on any atom is 0.322 e. The van der Waals surface area contributed by atoms with Crippen molar-refractivity contribution in [1.29, 1.82) is 0 Å². The van der Waals surface area contributed by atoms with Crippen molar-refractivity contribution in [1.82, 2.24) is 4.90 Å². The number of nitrogens with one attached hydrogen (secondary N) is 1. The summed E-state index contributed by atoms with van der Waals surface area (Å²) < 4.78 is 5.27. The molecule has 0 bridgehead atoms. The Bertz CT molecular complexity index is 715. The zero-order chi connectivity index (χ0) is 17.6. The summed E-state index contributed by atoms with van der Waals surface area (Å²) in [5.41, 5.74) is 8.75. The van der Waals surface area contributed by atoms with Gasteiger partial charge < -0.3 is 20.7 Å². The fraction of sp³-hybridized carbons (Fsp3) is 0.350. The number of piperidine rings is 1. The molecule has 1 fully saturated rings. The van der Waals surface area contributed by atoms with Crippen LogP contribution in [0.25, 0.3) is 11.1 Å². The van der Waals surface area contributed by atoms with Crippen LogP contribution in [0.15, 0.2) is 48.5 Å². The van der Waals surface area contributed by atoms with Crippen LogP contribution >= 0.6 is 0 Å². The van der Waals surface area contributed by atoms with Gasteiger partial charge in [-0.25, -0.2) is 4.79 Å². The second-order valence-corrected chi connectivity index (χ2v) is 6.32. The molecule has 0 saturated carbocycles. The lowest BCUT2D eigenvalue weighted by molar-refractivity contribution is 0.166. The van der Waals surface area contributed by atoms with Crippen molar-refractivity contribution < 1.29 is 9.53 Å². The van der Waals surface area contributed by atoms with Gasteiger partial charge in [-0.2, -0.15) is 0 Å². The normalized spacial score (nSPS) is 17.2. The van der Waals surface area contributed by atoms with E-state index < -0.39 is 0 Å². The Morgan fingerprint density at radius 3 is 2.72 bits per heavy atom. The van der Waals surface area contributed by atoms with E-state index >= 15 is 0 Å². The van der Waals surface area contributed by atoms with Gasteiger partial charge in [-0.3, -0.25) is 0 Å². The lowest BCUT2D eigenvalue weighted by atomic mass is 10.0. The third kappa shape index (κ3) is 4.12. The molecule has 1 heterocycles. The SMILES string of the molecule is COc1cccc(-c2ccc(NC(=O)N3CCCC[C@@H]3CN)cc2)c1. The third-order valence-electron chi connectivity index (χ3n) is 4.70. The van der Waals surface area contributed by atoms with Crippen molar-refractivity contribution in [2.75, 3.05) is 25.5 Å². The van der Waals surface area contributed by atoms with E-state index in [1.54, 1.807) is 7.11 Å². The summed E-state index contributed by atoms with van der Waals surface area (Å²) in [6, 6.07) is 15.8. The van der Waals surface area contributed by atoms with Crippen LogP contribution in [0.2, 0.25) is 0 Å². The quantitative estimate of drug-likeness (QED) is 0.892. The Balaban J connectivity index is 1.68. The number of ether oxygens (including phenoxy) is 1. The molecule has 3 rings (SSSR count). The van der Waals surface area contributed by atoms with Crippen molar-refractivity contribution in [2.24, 2.45) is 5.73 Å². The summed E-state index contributed by atoms with van der Waals surface area (Å²) in [6.07, 6.45) is 3.16. The first-order valence-electron chi connectivity index (χ1n) is 8.73. The molecule has 0 radical (unpaired) electrons. The van der Waals surface area contributed by atoms with E-state index in [2.05, 4.69) is 5.32 Å². The number of hydrogen-bond acceptors (Lipinski definition) is 3. The van der Waals surface area contributed by atoms with Gasteiger partial charge in [-0.1, -0.05) is 24.3 Å². The first-order valence-corrected chi connectivity index (χ1v) is 8.73. The van der Waals surface area contributed by atoms with Crippen molar-refractivity contribution in [3.05, 3.63) is 48.5 Å². The van der Waals surface area contributed by atoms with E-state index in [1.165, 1.54) is 0 Å². The first kappa shape index (κ1) is 17.3. The predicted octanol–water partition coefficient (Wildman–Crippen LogP) is 3.71. The molecule has 5 nitrogen and oxygen atoms in total. The maximum atomic E-state index is 12.5. The number of amides is 2. The van der Waals surface area contributed by atoms with Gasteiger partial charge in [0.25, 0.3) is 0 Å². The number of benzene rings is 2. The molecule has 2 aromatic rings. The van der Waals surface area contributed by atoms with Gasteiger partial charge in [0.05, 0.1) is 7.11 Å². The van der Waals surface area contributed by atoms with Crippen molar-refractivity contribution in [3.63, 3.8) is 0 Å². The average molecular weight is 339 g/mol. The molecule has 1 atom stereocenters. The molecule has 1 aliphatic rings. The molecule has 0 aromatic heterocycles. The number of anilines is 1. The molecule has 2 amide bonds. The highest BCUT2D eigenvalue weighted by Gasteiger charge is 2.25. The second kappa shape index (κ2) is 8.03. The Morgan fingerprint density at radius 2 is 2.00 bits per heavy atom. The number of rotatable bonds is 4. The smallest absolute Gasteiger partial charge is 0.322 e. The average Bonchev–Trinajstić information content (AvgIpc) is 2.68. The van der Waals surface area contributed by atoms with Crippen LogP contribution < -0.4 is 15.8 Å². The molecular weight excluding hydrogens is 314 g/mol. The van der Waals surface area contributed by atoms with Gasteiger partial charge in [-0.05, 0) is 54.7 Å². The predicted molar refractivity (Wildman–Crippen MR) is 101 cm³/mol. The summed E-state index contributed by atoms with van der Waals surface area (Å²) in [4.78, 5) is 14.4. The number of carbonyl (C=O) groups is 1. The molecular formula is C20H25N3O2. The lowest BCUT2D eigenvalue weighted by Crippen LogP contribution is -2.49. The molecule has 132 valence electrons.